The van der Waals surface area contributed by atoms with Crippen LogP contribution in [-0.4, -0.2) is 19.3 Å². The fourth-order valence-corrected chi connectivity index (χ4v) is 2.67. The lowest BCUT2D eigenvalue weighted by Crippen LogP contribution is -1.85. The monoisotopic (exact) mass is 298 g/mol. The van der Waals surface area contributed by atoms with Crippen LogP contribution in [0.5, 0.6) is 17.2 Å². The Morgan fingerprint density at radius 2 is 1.68 bits per heavy atom. The number of hydrogen-bond donors (Lipinski definition) is 1. The van der Waals surface area contributed by atoms with Crippen LogP contribution in [0.25, 0.3) is 22.3 Å². The first-order valence-corrected chi connectivity index (χ1v) is 7.00. The highest BCUT2D eigenvalue weighted by Gasteiger charge is 2.17. The summed E-state index contributed by atoms with van der Waals surface area (Å²) >= 11 is 0. The quantitative estimate of drug-likeness (QED) is 0.776. The number of phenols is 1. The van der Waals surface area contributed by atoms with Gasteiger partial charge in [0.25, 0.3) is 0 Å². The van der Waals surface area contributed by atoms with Gasteiger partial charge in [-0.2, -0.15) is 0 Å². The lowest BCUT2D eigenvalue weighted by molar-refractivity contribution is 0.373. The van der Waals surface area contributed by atoms with Gasteiger partial charge >= 0.3 is 0 Å². The zero-order valence-corrected chi connectivity index (χ0v) is 13.1. The van der Waals surface area contributed by atoms with Gasteiger partial charge in [-0.3, -0.25) is 0 Å². The Morgan fingerprint density at radius 1 is 0.955 bits per heavy atom. The summed E-state index contributed by atoms with van der Waals surface area (Å²) in [4.78, 5) is 0. The Morgan fingerprint density at radius 3 is 2.36 bits per heavy atom. The molecule has 0 saturated heterocycles. The molecule has 3 aromatic rings. The third-order valence-corrected chi connectivity index (χ3v) is 3.81. The molecule has 0 spiro atoms. The minimum atomic E-state index is 0.105. The van der Waals surface area contributed by atoms with Crippen molar-refractivity contribution >= 4 is 11.0 Å². The van der Waals surface area contributed by atoms with Gasteiger partial charge in [0, 0.05) is 16.5 Å². The van der Waals surface area contributed by atoms with Gasteiger partial charge in [0.05, 0.1) is 14.2 Å². The van der Waals surface area contributed by atoms with Gasteiger partial charge in [-0.1, -0.05) is 0 Å². The minimum Gasteiger partial charge on any atom is -0.504 e. The zero-order valence-electron chi connectivity index (χ0n) is 13.1. The number of hydrogen-bond acceptors (Lipinski definition) is 4. The van der Waals surface area contributed by atoms with Crippen molar-refractivity contribution in [2.45, 2.75) is 13.8 Å². The molecule has 0 aliphatic heterocycles. The third kappa shape index (κ3) is 2.17. The van der Waals surface area contributed by atoms with E-state index >= 15 is 0 Å². The van der Waals surface area contributed by atoms with Crippen LogP contribution in [0.3, 0.4) is 0 Å². The fourth-order valence-electron chi connectivity index (χ4n) is 2.67. The first kappa shape index (κ1) is 14.3. The van der Waals surface area contributed by atoms with E-state index in [1.54, 1.807) is 19.2 Å². The van der Waals surface area contributed by atoms with Crippen molar-refractivity contribution in [3.8, 4) is 28.6 Å². The Bertz CT molecular complexity index is 846. The molecular formula is C18H18O4. The van der Waals surface area contributed by atoms with Gasteiger partial charge in [0.2, 0.25) is 0 Å². The maximum absolute atomic E-state index is 9.73. The number of ether oxygens (including phenoxy) is 2. The van der Waals surface area contributed by atoms with Gasteiger partial charge in [0.15, 0.2) is 22.8 Å². The van der Waals surface area contributed by atoms with Crippen LogP contribution in [-0.2, 0) is 0 Å². The molecule has 0 fully saturated rings. The highest BCUT2D eigenvalue weighted by Crippen LogP contribution is 2.40. The van der Waals surface area contributed by atoms with Crippen molar-refractivity contribution in [3.63, 3.8) is 0 Å². The standard InChI is InChI=1S/C18H18O4/c1-10-7-13-11(2)17(22-18(13)16(8-10)21-4)12-5-6-14(19)15(9-12)20-3/h5-9,19H,1-4H3. The molecule has 114 valence electrons. The molecule has 3 rings (SSSR count). The van der Waals surface area contributed by atoms with Crippen molar-refractivity contribution in [2.24, 2.45) is 0 Å². The maximum Gasteiger partial charge on any atom is 0.176 e. The molecule has 1 heterocycles. The van der Waals surface area contributed by atoms with Crippen LogP contribution in [0.2, 0.25) is 0 Å². The average Bonchev–Trinajstić information content (AvgIpc) is 2.84. The molecule has 0 radical (unpaired) electrons. The first-order valence-electron chi connectivity index (χ1n) is 7.00. The predicted molar refractivity (Wildman–Crippen MR) is 85.9 cm³/mol. The molecule has 0 amide bonds. The molecular weight excluding hydrogens is 280 g/mol. The number of aromatic hydroxyl groups is 1. The number of phenolic OH excluding ortho intramolecular Hbond substituents is 1. The number of furan rings is 1. The molecule has 22 heavy (non-hydrogen) atoms. The molecule has 0 atom stereocenters. The van der Waals surface area contributed by atoms with Gasteiger partial charge in [-0.15, -0.1) is 0 Å². The normalized spacial score (nSPS) is 10.9. The maximum atomic E-state index is 9.73. The van der Waals surface area contributed by atoms with E-state index in [4.69, 9.17) is 13.9 Å². The van der Waals surface area contributed by atoms with E-state index in [9.17, 15) is 5.11 Å². The van der Waals surface area contributed by atoms with E-state index in [0.29, 0.717) is 5.75 Å². The lowest BCUT2D eigenvalue weighted by atomic mass is 10.0. The number of rotatable bonds is 3. The van der Waals surface area contributed by atoms with Crippen molar-refractivity contribution in [3.05, 3.63) is 41.5 Å². The Hall–Kier alpha value is -2.62. The van der Waals surface area contributed by atoms with Gasteiger partial charge in [0.1, 0.15) is 5.76 Å². The SMILES string of the molecule is COc1cc(-c2oc3c(OC)cc(C)cc3c2C)ccc1O. The molecule has 1 N–H and O–H groups in total. The van der Waals surface area contributed by atoms with E-state index in [1.165, 1.54) is 7.11 Å². The van der Waals surface area contributed by atoms with E-state index in [0.717, 1.165) is 39.2 Å². The molecule has 0 aliphatic carbocycles. The second kappa shape index (κ2) is 5.30. The van der Waals surface area contributed by atoms with Crippen molar-refractivity contribution in [1.29, 1.82) is 0 Å². The third-order valence-electron chi connectivity index (χ3n) is 3.81. The second-order valence-corrected chi connectivity index (χ2v) is 5.29. The lowest BCUT2D eigenvalue weighted by Gasteiger charge is -2.05. The topological polar surface area (TPSA) is 51.8 Å². The molecule has 0 aliphatic rings. The number of methoxy groups -OCH3 is 2. The van der Waals surface area contributed by atoms with Crippen molar-refractivity contribution in [2.75, 3.05) is 14.2 Å². The van der Waals surface area contributed by atoms with E-state index in [-0.39, 0.29) is 5.75 Å². The summed E-state index contributed by atoms with van der Waals surface area (Å²) in [6, 6.07) is 9.20. The number of benzene rings is 2. The molecule has 4 nitrogen and oxygen atoms in total. The Balaban J connectivity index is 2.26. The summed E-state index contributed by atoms with van der Waals surface area (Å²) in [5.74, 6) is 1.99. The fraction of sp³-hybridized carbons (Fsp3) is 0.222. The van der Waals surface area contributed by atoms with E-state index < -0.39 is 0 Å². The summed E-state index contributed by atoms with van der Waals surface area (Å²) in [7, 11) is 3.16. The van der Waals surface area contributed by atoms with Crippen LogP contribution >= 0.6 is 0 Å². The van der Waals surface area contributed by atoms with E-state index in [1.807, 2.05) is 26.0 Å². The number of aryl methyl sites for hydroxylation is 2. The van der Waals surface area contributed by atoms with Crippen molar-refractivity contribution < 1.29 is 19.0 Å². The Kier molecular flexibility index (Phi) is 3.45. The second-order valence-electron chi connectivity index (χ2n) is 5.29. The van der Waals surface area contributed by atoms with Crippen LogP contribution in [0.1, 0.15) is 11.1 Å². The molecule has 2 aromatic carbocycles. The summed E-state index contributed by atoms with van der Waals surface area (Å²) in [6.45, 7) is 4.04. The summed E-state index contributed by atoms with van der Waals surface area (Å²) in [5, 5.41) is 10.8. The largest absolute Gasteiger partial charge is 0.504 e. The van der Waals surface area contributed by atoms with Crippen LogP contribution in [0, 0.1) is 13.8 Å². The summed E-state index contributed by atoms with van der Waals surface area (Å²) in [6.07, 6.45) is 0. The predicted octanol–water partition coefficient (Wildman–Crippen LogP) is 4.44. The Labute approximate surface area is 128 Å². The highest BCUT2D eigenvalue weighted by molar-refractivity contribution is 5.92. The minimum absolute atomic E-state index is 0.105. The molecule has 0 unspecified atom stereocenters. The van der Waals surface area contributed by atoms with Crippen LogP contribution < -0.4 is 9.47 Å². The summed E-state index contributed by atoms with van der Waals surface area (Å²) in [5.41, 5.74) is 3.73. The zero-order chi connectivity index (χ0) is 15.9. The smallest absolute Gasteiger partial charge is 0.176 e. The number of fused-ring (bicyclic) bond motifs is 1. The molecule has 0 bridgehead atoms. The summed E-state index contributed by atoms with van der Waals surface area (Å²) < 4.78 is 16.6. The van der Waals surface area contributed by atoms with Gasteiger partial charge in [-0.05, 0) is 49.7 Å². The van der Waals surface area contributed by atoms with E-state index in [2.05, 4.69) is 6.07 Å². The first-order chi connectivity index (χ1) is 10.5. The molecule has 0 saturated carbocycles. The average molecular weight is 298 g/mol. The van der Waals surface area contributed by atoms with Crippen molar-refractivity contribution in [1.82, 2.24) is 0 Å². The van der Waals surface area contributed by atoms with Gasteiger partial charge in [-0.25, -0.2) is 0 Å². The molecule has 1 aromatic heterocycles. The molecule has 4 heteroatoms. The van der Waals surface area contributed by atoms with Crippen LogP contribution in [0.15, 0.2) is 34.7 Å². The van der Waals surface area contributed by atoms with Gasteiger partial charge < -0.3 is 19.0 Å². The van der Waals surface area contributed by atoms with Crippen LogP contribution in [0.4, 0.5) is 0 Å². The highest BCUT2D eigenvalue weighted by atomic mass is 16.5.